The number of rotatable bonds is 3. The molecule has 0 amide bonds. The number of carbonyl (C=O) groups is 1. The van der Waals surface area contributed by atoms with Crippen LogP contribution in [-0.4, -0.2) is 36.7 Å². The van der Waals surface area contributed by atoms with Gasteiger partial charge in [0.1, 0.15) is 5.15 Å². The average Bonchev–Trinajstić information content (AvgIpc) is 2.57. The van der Waals surface area contributed by atoms with Crippen LogP contribution in [0.1, 0.15) is 38.1 Å². The molecule has 1 aliphatic heterocycles. The first-order valence-electron chi connectivity index (χ1n) is 6.27. The molecule has 1 fully saturated rings. The van der Waals surface area contributed by atoms with Gasteiger partial charge in [0.25, 0.3) is 0 Å². The molecule has 0 unspecified atom stereocenters. The Morgan fingerprint density at radius 3 is 2.30 bits per heavy atom. The van der Waals surface area contributed by atoms with E-state index in [2.05, 4.69) is 4.98 Å². The van der Waals surface area contributed by atoms with Gasteiger partial charge in [0.05, 0.1) is 23.9 Å². The van der Waals surface area contributed by atoms with Crippen molar-refractivity contribution in [1.82, 2.24) is 4.98 Å². The minimum Gasteiger partial charge on any atom is -0.480 e. The first-order chi connectivity index (χ1) is 9.21. The molecular formula is C13H17BClNO4. The average molecular weight is 298 g/mol. The van der Waals surface area contributed by atoms with Crippen molar-refractivity contribution in [3.05, 3.63) is 16.8 Å². The maximum Gasteiger partial charge on any atom is 0.495 e. The molecule has 0 atom stereocenters. The number of carbonyl (C=O) groups excluding carboxylic acids is 1. The Hall–Kier alpha value is -1.11. The molecule has 0 aliphatic carbocycles. The van der Waals surface area contributed by atoms with E-state index < -0.39 is 18.3 Å². The highest BCUT2D eigenvalue weighted by molar-refractivity contribution is 6.63. The predicted octanol–water partition coefficient (Wildman–Crippen LogP) is 1.86. The molecular weight excluding hydrogens is 280 g/mol. The first kappa shape index (κ1) is 15.3. The molecule has 0 radical (unpaired) electrons. The van der Waals surface area contributed by atoms with Gasteiger partial charge in [-0.1, -0.05) is 11.6 Å². The fraction of sp³-hybridized carbons (Fsp3) is 0.538. The normalized spacial score (nSPS) is 20.0. The molecule has 20 heavy (non-hydrogen) atoms. The standard InChI is InChI=1S/C13H17BClNO4/c1-12(2)13(3,4)20-14(19-12)9-6-10(15)16-11(18-5)8(9)7-17/h6-7H,1-5H3. The van der Waals surface area contributed by atoms with Crippen molar-refractivity contribution in [2.75, 3.05) is 7.11 Å². The minimum absolute atomic E-state index is 0.164. The van der Waals surface area contributed by atoms with E-state index in [1.165, 1.54) is 7.11 Å². The molecule has 1 aromatic heterocycles. The smallest absolute Gasteiger partial charge is 0.480 e. The Morgan fingerprint density at radius 1 is 1.30 bits per heavy atom. The van der Waals surface area contributed by atoms with Crippen LogP contribution in [0.25, 0.3) is 0 Å². The molecule has 0 saturated carbocycles. The van der Waals surface area contributed by atoms with Crippen LogP contribution in [0, 0.1) is 0 Å². The Bertz CT molecular complexity index is 531. The summed E-state index contributed by atoms with van der Waals surface area (Å²) in [7, 11) is 0.745. The number of aromatic nitrogens is 1. The van der Waals surface area contributed by atoms with Crippen LogP contribution in [0.5, 0.6) is 5.88 Å². The van der Waals surface area contributed by atoms with Crippen molar-refractivity contribution in [3.8, 4) is 5.88 Å². The topological polar surface area (TPSA) is 57.6 Å². The van der Waals surface area contributed by atoms with E-state index in [9.17, 15) is 4.79 Å². The summed E-state index contributed by atoms with van der Waals surface area (Å²) in [4.78, 5) is 15.3. The lowest BCUT2D eigenvalue weighted by Crippen LogP contribution is -2.41. The van der Waals surface area contributed by atoms with Crippen LogP contribution in [0.4, 0.5) is 0 Å². The van der Waals surface area contributed by atoms with Crippen molar-refractivity contribution in [3.63, 3.8) is 0 Å². The second-order valence-corrected chi connectivity index (χ2v) is 6.05. The molecule has 0 bridgehead atoms. The second-order valence-electron chi connectivity index (χ2n) is 5.66. The lowest BCUT2D eigenvalue weighted by atomic mass is 9.77. The van der Waals surface area contributed by atoms with Crippen molar-refractivity contribution in [1.29, 1.82) is 0 Å². The van der Waals surface area contributed by atoms with Gasteiger partial charge in [0.15, 0.2) is 6.29 Å². The largest absolute Gasteiger partial charge is 0.495 e. The third-order valence-electron chi connectivity index (χ3n) is 3.84. The van der Waals surface area contributed by atoms with Crippen molar-refractivity contribution in [2.24, 2.45) is 0 Å². The zero-order valence-electron chi connectivity index (χ0n) is 12.2. The second kappa shape index (κ2) is 5.02. The van der Waals surface area contributed by atoms with E-state index in [1.54, 1.807) is 6.07 Å². The van der Waals surface area contributed by atoms with E-state index in [-0.39, 0.29) is 16.6 Å². The zero-order chi connectivity index (χ0) is 15.1. The van der Waals surface area contributed by atoms with E-state index >= 15 is 0 Å². The molecule has 1 saturated heterocycles. The van der Waals surface area contributed by atoms with Gasteiger partial charge in [-0.15, -0.1) is 0 Å². The highest BCUT2D eigenvalue weighted by Crippen LogP contribution is 2.37. The summed E-state index contributed by atoms with van der Waals surface area (Å²) in [6.07, 6.45) is 0.669. The summed E-state index contributed by atoms with van der Waals surface area (Å²) in [5.41, 5.74) is -0.187. The van der Waals surface area contributed by atoms with Crippen LogP contribution in [-0.2, 0) is 9.31 Å². The molecule has 7 heteroatoms. The van der Waals surface area contributed by atoms with Gasteiger partial charge >= 0.3 is 7.12 Å². The summed E-state index contributed by atoms with van der Waals surface area (Å²) in [5, 5.41) is 0.220. The highest BCUT2D eigenvalue weighted by Gasteiger charge is 2.52. The molecule has 1 aliphatic rings. The molecule has 108 valence electrons. The van der Waals surface area contributed by atoms with Crippen molar-refractivity contribution in [2.45, 2.75) is 38.9 Å². The quantitative estimate of drug-likeness (QED) is 0.484. The van der Waals surface area contributed by atoms with Crippen molar-refractivity contribution < 1.29 is 18.8 Å². The highest BCUT2D eigenvalue weighted by atomic mass is 35.5. The lowest BCUT2D eigenvalue weighted by molar-refractivity contribution is 0.00578. The monoisotopic (exact) mass is 297 g/mol. The molecule has 0 spiro atoms. The van der Waals surface area contributed by atoms with Crippen molar-refractivity contribution >= 4 is 30.5 Å². The number of methoxy groups -OCH3 is 1. The van der Waals surface area contributed by atoms with Crippen LogP contribution in [0.15, 0.2) is 6.07 Å². The number of aldehydes is 1. The van der Waals surface area contributed by atoms with E-state index in [0.29, 0.717) is 11.7 Å². The van der Waals surface area contributed by atoms with Gasteiger partial charge in [-0.3, -0.25) is 4.79 Å². The number of nitrogens with zero attached hydrogens (tertiary/aromatic N) is 1. The molecule has 0 aromatic carbocycles. The van der Waals surface area contributed by atoms with Gasteiger partial charge in [-0.05, 0) is 33.8 Å². The minimum atomic E-state index is -0.686. The van der Waals surface area contributed by atoms with E-state index in [0.717, 1.165) is 0 Å². The molecule has 0 N–H and O–H groups in total. The summed E-state index contributed by atoms with van der Waals surface area (Å²) < 4.78 is 16.9. The van der Waals surface area contributed by atoms with Gasteiger partial charge in [-0.25, -0.2) is 4.98 Å². The molecule has 5 nitrogen and oxygen atoms in total. The maximum atomic E-state index is 11.3. The Labute approximate surface area is 123 Å². The molecule has 2 rings (SSSR count). The van der Waals surface area contributed by atoms with Crippen LogP contribution in [0.3, 0.4) is 0 Å². The third kappa shape index (κ3) is 2.43. The van der Waals surface area contributed by atoms with Crippen LogP contribution < -0.4 is 10.2 Å². The Kier molecular flexibility index (Phi) is 3.84. The fourth-order valence-electron chi connectivity index (χ4n) is 1.96. The summed E-state index contributed by atoms with van der Waals surface area (Å²) >= 11 is 5.96. The first-order valence-corrected chi connectivity index (χ1v) is 6.65. The number of ether oxygens (including phenoxy) is 1. The van der Waals surface area contributed by atoms with E-state index in [4.69, 9.17) is 25.6 Å². The zero-order valence-corrected chi connectivity index (χ0v) is 12.9. The van der Waals surface area contributed by atoms with Gasteiger partial charge in [0.2, 0.25) is 5.88 Å². The van der Waals surface area contributed by atoms with Gasteiger partial charge in [0, 0.05) is 5.46 Å². The van der Waals surface area contributed by atoms with Gasteiger partial charge in [-0.2, -0.15) is 0 Å². The van der Waals surface area contributed by atoms with E-state index in [1.807, 2.05) is 27.7 Å². The van der Waals surface area contributed by atoms with Crippen LogP contribution in [0.2, 0.25) is 5.15 Å². The Morgan fingerprint density at radius 2 is 1.85 bits per heavy atom. The summed E-state index contributed by atoms with van der Waals surface area (Å²) in [5.74, 6) is 0.164. The Balaban J connectivity index is 2.49. The number of halogens is 1. The van der Waals surface area contributed by atoms with Crippen LogP contribution >= 0.6 is 11.6 Å². The fourth-order valence-corrected chi connectivity index (χ4v) is 2.15. The summed E-state index contributed by atoms with van der Waals surface area (Å²) in [6.45, 7) is 7.75. The number of hydrogen-bond donors (Lipinski definition) is 0. The SMILES string of the molecule is COc1nc(Cl)cc(B2OC(C)(C)C(C)(C)O2)c1C=O. The predicted molar refractivity (Wildman–Crippen MR) is 76.9 cm³/mol. The third-order valence-corrected chi connectivity index (χ3v) is 4.04. The summed E-state index contributed by atoms with van der Waals surface area (Å²) in [6, 6.07) is 1.57. The number of hydrogen-bond acceptors (Lipinski definition) is 5. The molecule has 2 heterocycles. The lowest BCUT2D eigenvalue weighted by Gasteiger charge is -2.32. The number of pyridine rings is 1. The maximum absolute atomic E-state index is 11.3. The van der Waals surface area contributed by atoms with Gasteiger partial charge < -0.3 is 14.0 Å². The molecule has 1 aromatic rings.